The number of carbonyl (C=O) groups excluding carboxylic acids is 1. The number of hydrogen-bond donors (Lipinski definition) is 0. The lowest BCUT2D eigenvalue weighted by molar-refractivity contribution is -0.137. The van der Waals surface area contributed by atoms with Crippen LogP contribution in [0.15, 0.2) is 59.4 Å². The Bertz CT molecular complexity index is 1200. The van der Waals surface area contributed by atoms with Gasteiger partial charge in [-0.3, -0.25) is 14.2 Å². The Morgan fingerprint density at radius 2 is 1.71 bits per heavy atom. The number of piperazine rings is 1. The molecule has 178 valence electrons. The summed E-state index contributed by atoms with van der Waals surface area (Å²) in [6.45, 7) is 8.46. The van der Waals surface area contributed by atoms with Crippen LogP contribution in [0.3, 0.4) is 0 Å². The largest absolute Gasteiger partial charge is 0.351 e. The van der Waals surface area contributed by atoms with Gasteiger partial charge in [-0.15, -0.1) is 0 Å². The van der Waals surface area contributed by atoms with Gasteiger partial charge in [-0.2, -0.15) is 0 Å². The number of aromatic nitrogens is 2. The van der Waals surface area contributed by atoms with Crippen LogP contribution in [-0.2, 0) is 11.3 Å². The number of benzene rings is 2. The predicted octanol–water partition coefficient (Wildman–Crippen LogP) is 2.83. The molecule has 1 amide bonds. The summed E-state index contributed by atoms with van der Waals surface area (Å²) in [5.74, 6) is 0.603. The summed E-state index contributed by atoms with van der Waals surface area (Å²) in [5, 5.41) is 0. The molecule has 0 bridgehead atoms. The Morgan fingerprint density at radius 3 is 2.47 bits per heavy atom. The maximum Gasteiger partial charge on any atom is 0.294 e. The first-order valence-corrected chi connectivity index (χ1v) is 12.4. The molecule has 7 nitrogen and oxygen atoms in total. The maximum absolute atomic E-state index is 13.7. The van der Waals surface area contributed by atoms with E-state index in [4.69, 9.17) is 4.98 Å². The molecule has 0 N–H and O–H groups in total. The highest BCUT2D eigenvalue weighted by Gasteiger charge is 2.32. The fourth-order valence-electron chi connectivity index (χ4n) is 5.22. The molecular weight excluding hydrogens is 426 g/mol. The van der Waals surface area contributed by atoms with Crippen LogP contribution in [0.5, 0.6) is 0 Å². The van der Waals surface area contributed by atoms with E-state index >= 15 is 0 Å². The summed E-state index contributed by atoms with van der Waals surface area (Å²) < 4.78 is 1.82. The van der Waals surface area contributed by atoms with Gasteiger partial charge in [-0.05, 0) is 37.1 Å². The van der Waals surface area contributed by atoms with Gasteiger partial charge < -0.3 is 14.7 Å². The highest BCUT2D eigenvalue weighted by atomic mass is 16.2. The minimum Gasteiger partial charge on any atom is -0.351 e. The van der Waals surface area contributed by atoms with Crippen LogP contribution in [-0.4, -0.2) is 71.1 Å². The van der Waals surface area contributed by atoms with Gasteiger partial charge in [0.15, 0.2) is 5.82 Å². The topological polar surface area (TPSA) is 61.7 Å². The number of fused-ring (bicyclic) bond motifs is 1. The van der Waals surface area contributed by atoms with Gasteiger partial charge in [-0.1, -0.05) is 49.4 Å². The molecule has 1 atom stereocenters. The number of carbonyl (C=O) groups is 1. The van der Waals surface area contributed by atoms with E-state index < -0.39 is 0 Å². The SMILES string of the molecule is CCN1CCN(C(=O)C2CCCN(c3nc4ccccc4n(Cc4ccccc4)c3=O)C2)CC1. The summed E-state index contributed by atoms with van der Waals surface area (Å²) >= 11 is 0. The number of hydrogen-bond acceptors (Lipinski definition) is 5. The predicted molar refractivity (Wildman–Crippen MR) is 135 cm³/mol. The van der Waals surface area contributed by atoms with Crippen molar-refractivity contribution in [1.29, 1.82) is 0 Å². The van der Waals surface area contributed by atoms with Gasteiger partial charge in [0.05, 0.1) is 23.5 Å². The molecule has 2 saturated heterocycles. The first-order chi connectivity index (χ1) is 16.6. The summed E-state index contributed by atoms with van der Waals surface area (Å²) in [6.07, 6.45) is 1.76. The molecule has 5 rings (SSSR count). The van der Waals surface area contributed by atoms with Gasteiger partial charge in [0.25, 0.3) is 5.56 Å². The number of anilines is 1. The van der Waals surface area contributed by atoms with E-state index in [0.29, 0.717) is 18.9 Å². The van der Waals surface area contributed by atoms with Crippen LogP contribution >= 0.6 is 0 Å². The highest BCUT2D eigenvalue weighted by molar-refractivity contribution is 5.80. The quantitative estimate of drug-likeness (QED) is 0.587. The van der Waals surface area contributed by atoms with Crippen molar-refractivity contribution in [3.8, 4) is 0 Å². The molecule has 1 unspecified atom stereocenters. The Hall–Kier alpha value is -3.19. The second-order valence-corrected chi connectivity index (χ2v) is 9.35. The summed E-state index contributed by atoms with van der Waals surface area (Å²) in [4.78, 5) is 38.2. The molecule has 7 heteroatoms. The van der Waals surface area contributed by atoms with E-state index in [1.54, 1.807) is 0 Å². The van der Waals surface area contributed by atoms with Crippen LogP contribution < -0.4 is 10.5 Å². The number of likely N-dealkylation sites (N-methyl/N-ethyl adjacent to an activating group) is 1. The first-order valence-electron chi connectivity index (χ1n) is 12.4. The third kappa shape index (κ3) is 4.57. The summed E-state index contributed by atoms with van der Waals surface area (Å²) in [6, 6.07) is 17.8. The lowest BCUT2D eigenvalue weighted by atomic mass is 9.96. The number of piperidine rings is 1. The van der Waals surface area contributed by atoms with Crippen molar-refractivity contribution in [1.82, 2.24) is 19.4 Å². The Balaban J connectivity index is 1.42. The fraction of sp³-hybridized carbons (Fsp3) is 0.444. The normalized spacial score (nSPS) is 19.5. The smallest absolute Gasteiger partial charge is 0.294 e. The van der Waals surface area contributed by atoms with Crippen molar-refractivity contribution in [2.75, 3.05) is 50.7 Å². The Morgan fingerprint density at radius 1 is 0.971 bits per heavy atom. The fourth-order valence-corrected chi connectivity index (χ4v) is 5.22. The molecule has 0 aliphatic carbocycles. The zero-order chi connectivity index (χ0) is 23.5. The van der Waals surface area contributed by atoms with Gasteiger partial charge in [0.1, 0.15) is 0 Å². The van der Waals surface area contributed by atoms with Gasteiger partial charge >= 0.3 is 0 Å². The number of amides is 1. The van der Waals surface area contributed by atoms with E-state index in [-0.39, 0.29) is 17.4 Å². The molecule has 3 aromatic rings. The lowest BCUT2D eigenvalue weighted by Gasteiger charge is -2.39. The minimum absolute atomic E-state index is 0.0860. The lowest BCUT2D eigenvalue weighted by Crippen LogP contribution is -2.53. The van der Waals surface area contributed by atoms with Crippen molar-refractivity contribution >= 4 is 22.8 Å². The number of rotatable bonds is 5. The third-order valence-corrected chi connectivity index (χ3v) is 7.22. The highest BCUT2D eigenvalue weighted by Crippen LogP contribution is 2.24. The van der Waals surface area contributed by atoms with E-state index in [1.807, 2.05) is 69.0 Å². The monoisotopic (exact) mass is 459 g/mol. The van der Waals surface area contributed by atoms with Crippen molar-refractivity contribution in [2.45, 2.75) is 26.3 Å². The van der Waals surface area contributed by atoms with Crippen LogP contribution in [0, 0.1) is 5.92 Å². The molecular formula is C27H33N5O2. The molecule has 0 saturated carbocycles. The van der Waals surface area contributed by atoms with Crippen molar-refractivity contribution in [2.24, 2.45) is 5.92 Å². The average molecular weight is 460 g/mol. The van der Waals surface area contributed by atoms with Crippen molar-refractivity contribution in [3.05, 3.63) is 70.5 Å². The molecule has 34 heavy (non-hydrogen) atoms. The van der Waals surface area contributed by atoms with Gasteiger partial charge in [0, 0.05) is 39.3 Å². The Labute approximate surface area is 200 Å². The van der Waals surface area contributed by atoms with Crippen LogP contribution in [0.2, 0.25) is 0 Å². The molecule has 0 spiro atoms. The molecule has 1 aromatic heterocycles. The Kier molecular flexibility index (Phi) is 6.63. The number of nitrogens with zero attached hydrogens (tertiary/aromatic N) is 5. The summed E-state index contributed by atoms with van der Waals surface area (Å²) in [7, 11) is 0. The second kappa shape index (κ2) is 9.97. The van der Waals surface area contributed by atoms with Crippen LogP contribution in [0.1, 0.15) is 25.3 Å². The van der Waals surface area contributed by atoms with E-state index in [9.17, 15) is 9.59 Å². The maximum atomic E-state index is 13.7. The summed E-state index contributed by atoms with van der Waals surface area (Å²) in [5.41, 5.74) is 2.62. The third-order valence-electron chi connectivity index (χ3n) is 7.22. The van der Waals surface area contributed by atoms with Crippen LogP contribution in [0.4, 0.5) is 5.82 Å². The zero-order valence-corrected chi connectivity index (χ0v) is 19.9. The first kappa shape index (κ1) is 22.6. The van der Waals surface area contributed by atoms with Crippen LogP contribution in [0.25, 0.3) is 11.0 Å². The molecule has 2 aliphatic rings. The standard InChI is InChI=1S/C27H33N5O2/c1-2-29-15-17-30(18-16-29)26(33)22-11-8-14-31(20-22)25-27(34)32(19-21-9-4-3-5-10-21)24-13-7-6-12-23(24)28-25/h3-7,9-10,12-13,22H,2,8,11,14-20H2,1H3. The molecule has 2 fully saturated rings. The molecule has 3 heterocycles. The van der Waals surface area contributed by atoms with E-state index in [0.717, 1.165) is 68.7 Å². The number of para-hydroxylation sites is 2. The van der Waals surface area contributed by atoms with Gasteiger partial charge in [-0.25, -0.2) is 4.98 Å². The molecule has 2 aromatic carbocycles. The average Bonchev–Trinajstić information content (AvgIpc) is 2.90. The van der Waals surface area contributed by atoms with Gasteiger partial charge in [0.2, 0.25) is 5.91 Å². The second-order valence-electron chi connectivity index (χ2n) is 9.35. The van der Waals surface area contributed by atoms with E-state index in [2.05, 4.69) is 11.8 Å². The molecule has 0 radical (unpaired) electrons. The minimum atomic E-state index is -0.0905. The van der Waals surface area contributed by atoms with Crippen molar-refractivity contribution in [3.63, 3.8) is 0 Å². The molecule has 2 aliphatic heterocycles. The zero-order valence-electron chi connectivity index (χ0n) is 19.9. The van der Waals surface area contributed by atoms with Crippen molar-refractivity contribution < 1.29 is 4.79 Å². The van der Waals surface area contributed by atoms with E-state index in [1.165, 1.54) is 0 Å².